The molecule has 2 N–H and O–H groups in total. The number of nitro groups is 1. The van der Waals surface area contributed by atoms with E-state index in [4.69, 9.17) is 4.74 Å². The zero-order valence-electron chi connectivity index (χ0n) is 12.7. The van der Waals surface area contributed by atoms with Crippen molar-refractivity contribution in [3.05, 3.63) is 33.9 Å². The predicted octanol–water partition coefficient (Wildman–Crippen LogP) is 1.47. The van der Waals surface area contributed by atoms with Gasteiger partial charge in [0.2, 0.25) is 0 Å². The largest absolute Gasteiger partial charge is 0.389 e. The van der Waals surface area contributed by atoms with Gasteiger partial charge in [0.25, 0.3) is 5.69 Å². The molecule has 0 aromatic heterocycles. The van der Waals surface area contributed by atoms with E-state index in [-0.39, 0.29) is 12.3 Å². The van der Waals surface area contributed by atoms with Crippen LogP contribution in [0.5, 0.6) is 0 Å². The van der Waals surface area contributed by atoms with Gasteiger partial charge in [0, 0.05) is 44.6 Å². The fourth-order valence-electron chi connectivity index (χ4n) is 2.15. The Bertz CT molecular complexity index is 468. The second-order valence-corrected chi connectivity index (χ2v) is 4.93. The highest BCUT2D eigenvalue weighted by Crippen LogP contribution is 2.23. The van der Waals surface area contributed by atoms with Crippen LogP contribution in [0.4, 0.5) is 11.4 Å². The Labute approximate surface area is 124 Å². The summed E-state index contributed by atoms with van der Waals surface area (Å²) in [6, 6.07) is 4.77. The molecular weight excluding hydrogens is 274 g/mol. The van der Waals surface area contributed by atoms with Crippen LogP contribution in [0.2, 0.25) is 0 Å². The van der Waals surface area contributed by atoms with E-state index in [0.717, 1.165) is 17.8 Å². The number of aliphatic hydroxyl groups is 1. The normalized spacial score (nSPS) is 12.4. The van der Waals surface area contributed by atoms with Gasteiger partial charge in [-0.25, -0.2) is 0 Å². The molecule has 0 saturated carbocycles. The van der Waals surface area contributed by atoms with Crippen LogP contribution in [0.15, 0.2) is 18.2 Å². The first kappa shape index (κ1) is 17.4. The second kappa shape index (κ2) is 8.56. The summed E-state index contributed by atoms with van der Waals surface area (Å²) in [5.41, 5.74) is 1.77. The van der Waals surface area contributed by atoms with E-state index in [1.165, 1.54) is 13.2 Å². The molecule has 0 bridgehead atoms. The Balaban J connectivity index is 2.82. The zero-order chi connectivity index (χ0) is 15.8. The first-order chi connectivity index (χ1) is 9.97. The summed E-state index contributed by atoms with van der Waals surface area (Å²) in [6.07, 6.45) is -0.582. The van der Waals surface area contributed by atoms with Gasteiger partial charge in [0.05, 0.1) is 17.6 Å². The van der Waals surface area contributed by atoms with Crippen molar-refractivity contribution in [2.45, 2.75) is 19.6 Å². The maximum Gasteiger partial charge on any atom is 0.269 e. The number of nitrogens with one attached hydrogen (secondary N) is 1. The molecule has 0 radical (unpaired) electrons. The van der Waals surface area contributed by atoms with Gasteiger partial charge in [-0.1, -0.05) is 0 Å². The predicted molar refractivity (Wildman–Crippen MR) is 81.5 cm³/mol. The number of hydrogen-bond acceptors (Lipinski definition) is 6. The molecular formula is C14H23N3O4. The number of nitrogens with zero attached hydrogens (tertiary/aromatic N) is 2. The molecule has 0 spiro atoms. The van der Waals surface area contributed by atoms with E-state index in [1.807, 2.05) is 18.9 Å². The number of benzene rings is 1. The molecule has 0 aliphatic heterocycles. The monoisotopic (exact) mass is 297 g/mol. The van der Waals surface area contributed by atoms with Crippen LogP contribution < -0.4 is 5.32 Å². The lowest BCUT2D eigenvalue weighted by Gasteiger charge is -2.21. The number of methoxy groups -OCH3 is 1. The van der Waals surface area contributed by atoms with Crippen LogP contribution in [-0.4, -0.2) is 54.9 Å². The highest BCUT2D eigenvalue weighted by atomic mass is 16.6. The van der Waals surface area contributed by atoms with Crippen LogP contribution in [0.25, 0.3) is 0 Å². The topological polar surface area (TPSA) is 87.9 Å². The lowest BCUT2D eigenvalue weighted by Crippen LogP contribution is -2.31. The van der Waals surface area contributed by atoms with Crippen molar-refractivity contribution in [3.8, 4) is 0 Å². The first-order valence-corrected chi connectivity index (χ1v) is 6.84. The molecule has 7 heteroatoms. The summed E-state index contributed by atoms with van der Waals surface area (Å²) in [5.74, 6) is 0. The number of nitro benzene ring substituents is 1. The molecule has 1 atom stereocenters. The van der Waals surface area contributed by atoms with E-state index in [1.54, 1.807) is 12.1 Å². The van der Waals surface area contributed by atoms with Crippen molar-refractivity contribution >= 4 is 11.4 Å². The lowest BCUT2D eigenvalue weighted by molar-refractivity contribution is -0.384. The maximum atomic E-state index is 10.9. The summed E-state index contributed by atoms with van der Waals surface area (Å²) >= 11 is 0. The third-order valence-corrected chi connectivity index (χ3v) is 2.99. The summed E-state index contributed by atoms with van der Waals surface area (Å²) in [4.78, 5) is 12.4. The fraction of sp³-hybridized carbons (Fsp3) is 0.571. The van der Waals surface area contributed by atoms with Crippen molar-refractivity contribution < 1.29 is 14.8 Å². The van der Waals surface area contributed by atoms with Gasteiger partial charge in [0.15, 0.2) is 0 Å². The van der Waals surface area contributed by atoms with Gasteiger partial charge in [0.1, 0.15) is 0 Å². The quantitative estimate of drug-likeness (QED) is 0.530. The van der Waals surface area contributed by atoms with E-state index >= 15 is 0 Å². The van der Waals surface area contributed by atoms with Crippen LogP contribution in [-0.2, 0) is 11.3 Å². The minimum absolute atomic E-state index is 0.0671. The molecule has 0 aliphatic carbocycles. The number of rotatable bonds is 9. The molecule has 21 heavy (non-hydrogen) atoms. The maximum absolute atomic E-state index is 10.9. The standard InChI is InChI=1S/C14H23N3O4/c1-4-15-14-6-5-12(17(19)20)7-11(14)8-16(2)9-13(18)10-21-3/h5-7,13,15,18H,4,8-10H2,1-3H3. The van der Waals surface area contributed by atoms with Gasteiger partial charge in [-0.3, -0.25) is 15.0 Å². The number of likely N-dealkylation sites (N-methyl/N-ethyl adjacent to an activating group) is 1. The molecule has 1 rings (SSSR count). The highest BCUT2D eigenvalue weighted by Gasteiger charge is 2.14. The Morgan fingerprint density at radius 3 is 2.81 bits per heavy atom. The van der Waals surface area contributed by atoms with E-state index in [2.05, 4.69) is 5.32 Å². The Morgan fingerprint density at radius 1 is 1.52 bits per heavy atom. The Morgan fingerprint density at radius 2 is 2.24 bits per heavy atom. The third kappa shape index (κ3) is 5.66. The third-order valence-electron chi connectivity index (χ3n) is 2.99. The van der Waals surface area contributed by atoms with Gasteiger partial charge in [-0.15, -0.1) is 0 Å². The Hall–Kier alpha value is -1.70. The molecule has 1 aromatic rings. The molecule has 0 aliphatic rings. The van der Waals surface area contributed by atoms with Crippen molar-refractivity contribution in [2.75, 3.05) is 39.2 Å². The SMILES string of the molecule is CCNc1ccc([N+](=O)[O-])cc1CN(C)CC(O)COC. The smallest absolute Gasteiger partial charge is 0.269 e. The number of aliphatic hydroxyl groups excluding tert-OH is 1. The van der Waals surface area contributed by atoms with Gasteiger partial charge < -0.3 is 15.2 Å². The van der Waals surface area contributed by atoms with Crippen molar-refractivity contribution in [3.63, 3.8) is 0 Å². The van der Waals surface area contributed by atoms with Crippen molar-refractivity contribution in [2.24, 2.45) is 0 Å². The molecule has 0 amide bonds. The van der Waals surface area contributed by atoms with Gasteiger partial charge >= 0.3 is 0 Å². The van der Waals surface area contributed by atoms with E-state index < -0.39 is 11.0 Å². The number of ether oxygens (including phenoxy) is 1. The molecule has 0 fully saturated rings. The molecule has 1 unspecified atom stereocenters. The highest BCUT2D eigenvalue weighted by molar-refractivity contribution is 5.56. The summed E-state index contributed by atoms with van der Waals surface area (Å²) < 4.78 is 4.89. The van der Waals surface area contributed by atoms with Crippen LogP contribution in [0.3, 0.4) is 0 Å². The lowest BCUT2D eigenvalue weighted by atomic mass is 10.1. The minimum atomic E-state index is -0.582. The molecule has 1 aromatic carbocycles. The average molecular weight is 297 g/mol. The molecule has 0 heterocycles. The number of hydrogen-bond donors (Lipinski definition) is 2. The van der Waals surface area contributed by atoms with Crippen molar-refractivity contribution in [1.82, 2.24) is 4.90 Å². The van der Waals surface area contributed by atoms with E-state index in [0.29, 0.717) is 13.1 Å². The second-order valence-electron chi connectivity index (χ2n) is 4.93. The molecule has 7 nitrogen and oxygen atoms in total. The molecule has 0 saturated heterocycles. The first-order valence-electron chi connectivity index (χ1n) is 6.84. The summed E-state index contributed by atoms with van der Waals surface area (Å²) in [5, 5.41) is 23.8. The average Bonchev–Trinajstić information content (AvgIpc) is 2.40. The number of anilines is 1. The minimum Gasteiger partial charge on any atom is -0.389 e. The van der Waals surface area contributed by atoms with E-state index in [9.17, 15) is 15.2 Å². The molecule has 118 valence electrons. The zero-order valence-corrected chi connectivity index (χ0v) is 12.7. The van der Waals surface area contributed by atoms with Crippen LogP contribution in [0, 0.1) is 10.1 Å². The van der Waals surface area contributed by atoms with Crippen molar-refractivity contribution in [1.29, 1.82) is 0 Å². The fourth-order valence-corrected chi connectivity index (χ4v) is 2.15. The summed E-state index contributed by atoms with van der Waals surface area (Å²) in [6.45, 7) is 3.91. The van der Waals surface area contributed by atoms with Gasteiger partial charge in [-0.2, -0.15) is 0 Å². The van der Waals surface area contributed by atoms with Gasteiger partial charge in [-0.05, 0) is 25.6 Å². The Kier molecular flexibility index (Phi) is 7.07. The van der Waals surface area contributed by atoms with Crippen LogP contribution in [0.1, 0.15) is 12.5 Å². The van der Waals surface area contributed by atoms with Crippen LogP contribution >= 0.6 is 0 Å². The summed E-state index contributed by atoms with van der Waals surface area (Å²) in [7, 11) is 3.39. The number of non-ortho nitro benzene ring substituents is 1.